The summed E-state index contributed by atoms with van der Waals surface area (Å²) in [5, 5.41) is 38.8. The Morgan fingerprint density at radius 2 is 1.63 bits per heavy atom. The molecule has 3 rings (SSSR count). The minimum atomic E-state index is -2.27. The van der Waals surface area contributed by atoms with Crippen molar-refractivity contribution in [3.8, 4) is 5.75 Å². The van der Waals surface area contributed by atoms with Gasteiger partial charge in [-0.15, -0.1) is 0 Å². The zero-order chi connectivity index (χ0) is 30.4. The summed E-state index contributed by atoms with van der Waals surface area (Å²) in [6.45, 7) is 4.89. The Balaban J connectivity index is 0.000000503. The molecular weight excluding hydrogens is 544 g/mol. The van der Waals surface area contributed by atoms with Crippen LogP contribution in [0.5, 0.6) is 5.75 Å². The molecule has 0 radical (unpaired) electrons. The van der Waals surface area contributed by atoms with Gasteiger partial charge in [0.1, 0.15) is 17.4 Å². The first kappa shape index (κ1) is 33.4. The highest BCUT2D eigenvalue weighted by Gasteiger charge is 2.29. The van der Waals surface area contributed by atoms with E-state index in [2.05, 4.69) is 17.6 Å². The van der Waals surface area contributed by atoms with Gasteiger partial charge in [-0.25, -0.2) is 23.2 Å². The topological polar surface area (TPSA) is 169 Å². The molecular formula is C28H37F2N3O8. The number of piperidine rings is 1. The number of carboxylic acids is 2. The molecule has 1 fully saturated rings. The van der Waals surface area contributed by atoms with Crippen LogP contribution >= 0.6 is 0 Å². The van der Waals surface area contributed by atoms with Gasteiger partial charge in [0, 0.05) is 24.2 Å². The number of amides is 2. The first-order valence-corrected chi connectivity index (χ1v) is 13.3. The minimum Gasteiger partial charge on any atom is -0.494 e. The molecule has 2 aromatic rings. The molecule has 0 bridgehead atoms. The number of carbonyl (C=O) groups excluding carboxylic acids is 1. The largest absolute Gasteiger partial charge is 0.494 e. The molecule has 0 saturated carbocycles. The van der Waals surface area contributed by atoms with Crippen LogP contribution in [0.1, 0.15) is 43.7 Å². The van der Waals surface area contributed by atoms with Gasteiger partial charge in [-0.2, -0.15) is 0 Å². The van der Waals surface area contributed by atoms with Crippen LogP contribution in [-0.4, -0.2) is 81.2 Å². The van der Waals surface area contributed by atoms with Crippen LogP contribution in [0.4, 0.5) is 13.6 Å². The van der Waals surface area contributed by atoms with Crippen molar-refractivity contribution in [1.29, 1.82) is 0 Å². The SMILES string of the molecule is CCCCOc1ccc(CNC(=O)N(Cc2ccc(F)cc2F)C2CCNCC2)cc1.O=C(O)[C@H](O)[C@@H](O)C(=O)O. The van der Waals surface area contributed by atoms with Crippen molar-refractivity contribution >= 4 is 18.0 Å². The number of benzene rings is 2. The Morgan fingerprint density at radius 3 is 2.17 bits per heavy atom. The van der Waals surface area contributed by atoms with Crippen LogP contribution in [0.15, 0.2) is 42.5 Å². The third kappa shape index (κ3) is 11.3. The van der Waals surface area contributed by atoms with E-state index in [1.54, 1.807) is 4.90 Å². The zero-order valence-corrected chi connectivity index (χ0v) is 22.8. The number of hydrogen-bond acceptors (Lipinski definition) is 7. The van der Waals surface area contributed by atoms with Crippen molar-refractivity contribution < 1.29 is 48.3 Å². The number of carbonyl (C=O) groups is 3. The maximum atomic E-state index is 14.2. The van der Waals surface area contributed by atoms with E-state index in [0.29, 0.717) is 18.7 Å². The second-order valence-electron chi connectivity index (χ2n) is 9.42. The van der Waals surface area contributed by atoms with Crippen LogP contribution in [0.25, 0.3) is 0 Å². The third-order valence-corrected chi connectivity index (χ3v) is 6.30. The highest BCUT2D eigenvalue weighted by molar-refractivity contribution is 5.83. The number of nitrogens with one attached hydrogen (secondary N) is 2. The molecule has 1 saturated heterocycles. The Kier molecular flexibility index (Phi) is 13.9. The van der Waals surface area contributed by atoms with Gasteiger partial charge < -0.3 is 40.7 Å². The lowest BCUT2D eigenvalue weighted by atomic mass is 10.0. The number of aliphatic hydroxyl groups is 2. The highest BCUT2D eigenvalue weighted by atomic mass is 19.1. The first-order chi connectivity index (χ1) is 19.5. The number of carboxylic acid groups (broad SMARTS) is 2. The summed E-state index contributed by atoms with van der Waals surface area (Å²) >= 11 is 0. The first-order valence-electron chi connectivity index (χ1n) is 13.3. The Bertz CT molecular complexity index is 1110. The van der Waals surface area contributed by atoms with Crippen molar-refractivity contribution in [2.45, 2.75) is 63.9 Å². The zero-order valence-electron chi connectivity index (χ0n) is 22.8. The van der Waals surface area contributed by atoms with E-state index in [1.165, 1.54) is 12.1 Å². The highest BCUT2D eigenvalue weighted by Crippen LogP contribution is 2.19. The number of hydrogen-bond donors (Lipinski definition) is 6. The molecule has 6 N–H and O–H groups in total. The summed E-state index contributed by atoms with van der Waals surface area (Å²) in [6, 6.07) is 10.9. The summed E-state index contributed by atoms with van der Waals surface area (Å²) in [7, 11) is 0. The molecule has 1 aliphatic rings. The molecule has 11 nitrogen and oxygen atoms in total. The number of aliphatic carboxylic acids is 2. The standard InChI is InChI=1S/C24H31F2N3O2.C4H6O6/c1-2-3-14-31-22-8-4-18(5-9-22)16-28-24(30)29(21-10-12-27-13-11-21)17-19-6-7-20(25)15-23(19)26;5-1(3(7)8)2(6)4(9)10/h4-9,15,21,27H,2-3,10-14,16-17H2,1H3,(H,28,30);1-2,5-6H,(H,7,8)(H,9,10)/t;1-,2-/m.1/s1. The van der Waals surface area contributed by atoms with Crippen molar-refractivity contribution in [2.24, 2.45) is 0 Å². The summed E-state index contributed by atoms with van der Waals surface area (Å²) in [5.74, 6) is -3.98. The number of halogens is 2. The van der Waals surface area contributed by atoms with Crippen molar-refractivity contribution in [1.82, 2.24) is 15.5 Å². The van der Waals surface area contributed by atoms with E-state index >= 15 is 0 Å². The molecule has 2 aromatic carbocycles. The summed E-state index contributed by atoms with van der Waals surface area (Å²) in [6.07, 6.45) is -0.853. The molecule has 0 aliphatic carbocycles. The Labute approximate surface area is 236 Å². The van der Waals surface area contributed by atoms with E-state index in [4.69, 9.17) is 25.2 Å². The van der Waals surface area contributed by atoms with Crippen LogP contribution in [-0.2, 0) is 22.7 Å². The molecule has 226 valence electrons. The summed E-state index contributed by atoms with van der Waals surface area (Å²) in [5.41, 5.74) is 1.26. The van der Waals surface area contributed by atoms with Gasteiger partial charge in [0.2, 0.25) is 0 Å². The van der Waals surface area contributed by atoms with E-state index in [9.17, 15) is 23.2 Å². The van der Waals surface area contributed by atoms with E-state index < -0.39 is 35.8 Å². The average molecular weight is 582 g/mol. The summed E-state index contributed by atoms with van der Waals surface area (Å²) in [4.78, 5) is 34.2. The number of ether oxygens (including phenoxy) is 1. The normalized spacial score (nSPS) is 14.7. The molecule has 1 heterocycles. The number of aliphatic hydroxyl groups excluding tert-OH is 2. The maximum absolute atomic E-state index is 14.2. The molecule has 0 unspecified atom stereocenters. The summed E-state index contributed by atoms with van der Waals surface area (Å²) < 4.78 is 33.2. The van der Waals surface area contributed by atoms with E-state index in [1.807, 2.05) is 24.3 Å². The van der Waals surface area contributed by atoms with Gasteiger partial charge in [0.25, 0.3) is 0 Å². The van der Waals surface area contributed by atoms with Gasteiger partial charge in [0.15, 0.2) is 12.2 Å². The van der Waals surface area contributed by atoms with Gasteiger partial charge in [0.05, 0.1) is 13.2 Å². The second-order valence-corrected chi connectivity index (χ2v) is 9.42. The average Bonchev–Trinajstić information content (AvgIpc) is 2.96. The lowest BCUT2D eigenvalue weighted by Crippen LogP contribution is -2.49. The fourth-order valence-corrected chi connectivity index (χ4v) is 3.91. The molecule has 41 heavy (non-hydrogen) atoms. The molecule has 2 amide bonds. The quantitative estimate of drug-likeness (QED) is 0.206. The van der Waals surface area contributed by atoms with Crippen molar-refractivity contribution in [3.63, 3.8) is 0 Å². The molecule has 0 spiro atoms. The van der Waals surface area contributed by atoms with E-state index in [0.717, 1.165) is 56.2 Å². The molecule has 2 atom stereocenters. The predicted octanol–water partition coefficient (Wildman–Crippen LogP) is 2.48. The minimum absolute atomic E-state index is 0.0000414. The number of unbranched alkanes of at least 4 members (excludes halogenated alkanes) is 1. The number of urea groups is 1. The van der Waals surface area contributed by atoms with Gasteiger partial charge in [-0.3, -0.25) is 0 Å². The lowest BCUT2D eigenvalue weighted by molar-refractivity contribution is -0.165. The number of nitrogens with zero attached hydrogens (tertiary/aromatic N) is 1. The van der Waals surface area contributed by atoms with Crippen molar-refractivity contribution in [2.75, 3.05) is 19.7 Å². The fraction of sp³-hybridized carbons (Fsp3) is 0.464. The third-order valence-electron chi connectivity index (χ3n) is 6.30. The molecule has 1 aliphatic heterocycles. The maximum Gasteiger partial charge on any atom is 0.335 e. The lowest BCUT2D eigenvalue weighted by Gasteiger charge is -2.35. The van der Waals surface area contributed by atoms with Crippen LogP contribution in [0.3, 0.4) is 0 Å². The van der Waals surface area contributed by atoms with Crippen LogP contribution in [0.2, 0.25) is 0 Å². The predicted molar refractivity (Wildman–Crippen MR) is 144 cm³/mol. The number of rotatable bonds is 12. The second kappa shape index (κ2) is 17.1. The Morgan fingerprint density at radius 1 is 1.02 bits per heavy atom. The van der Waals surface area contributed by atoms with Crippen LogP contribution < -0.4 is 15.4 Å². The van der Waals surface area contributed by atoms with Gasteiger partial charge in [-0.1, -0.05) is 31.5 Å². The smallest absolute Gasteiger partial charge is 0.335 e. The monoisotopic (exact) mass is 581 g/mol. The molecule has 13 heteroatoms. The van der Waals surface area contributed by atoms with Crippen LogP contribution in [0, 0.1) is 11.6 Å². The Hall–Kier alpha value is -3.81. The van der Waals surface area contributed by atoms with Gasteiger partial charge >= 0.3 is 18.0 Å². The van der Waals surface area contributed by atoms with E-state index in [-0.39, 0.29) is 18.6 Å². The fourth-order valence-electron chi connectivity index (χ4n) is 3.91. The van der Waals surface area contributed by atoms with Crippen molar-refractivity contribution in [3.05, 3.63) is 65.2 Å². The molecule has 0 aromatic heterocycles. The van der Waals surface area contributed by atoms with Gasteiger partial charge in [-0.05, 0) is 56.1 Å².